The van der Waals surface area contributed by atoms with Crippen LogP contribution in [0.2, 0.25) is 0 Å². The fourth-order valence-electron chi connectivity index (χ4n) is 1.46. The zero-order valence-electron chi connectivity index (χ0n) is 10.3. The van der Waals surface area contributed by atoms with Gasteiger partial charge in [-0.25, -0.2) is 0 Å². The molecule has 1 N–H and O–H groups in total. The number of thioether (sulfide) groups is 1. The van der Waals surface area contributed by atoms with Crippen LogP contribution in [0.3, 0.4) is 0 Å². The molecule has 0 rings (SSSR count). The fourth-order valence-corrected chi connectivity index (χ4v) is 1.95. The molecular formula is C12H27NS. The Morgan fingerprint density at radius 3 is 2.36 bits per heavy atom. The number of hydrogen-bond acceptors (Lipinski definition) is 2. The molecule has 0 aromatic carbocycles. The highest BCUT2D eigenvalue weighted by Crippen LogP contribution is 2.09. The third-order valence-corrected chi connectivity index (χ3v) is 3.04. The molecule has 86 valence electrons. The SMILES string of the molecule is CSCCCCC(C)CNCC(C)C. The van der Waals surface area contributed by atoms with Gasteiger partial charge in [-0.05, 0) is 49.8 Å². The highest BCUT2D eigenvalue weighted by atomic mass is 32.2. The van der Waals surface area contributed by atoms with Crippen LogP contribution in [0, 0.1) is 11.8 Å². The second kappa shape index (κ2) is 9.85. The lowest BCUT2D eigenvalue weighted by molar-refractivity contribution is 0.443. The van der Waals surface area contributed by atoms with Gasteiger partial charge < -0.3 is 5.32 Å². The summed E-state index contributed by atoms with van der Waals surface area (Å²) >= 11 is 1.96. The molecule has 0 aliphatic heterocycles. The smallest absolute Gasteiger partial charge is 0.00230 e. The number of unbranched alkanes of at least 4 members (excludes halogenated alkanes) is 1. The van der Waals surface area contributed by atoms with Crippen molar-refractivity contribution in [1.82, 2.24) is 5.32 Å². The van der Waals surface area contributed by atoms with Crippen LogP contribution in [0.4, 0.5) is 0 Å². The Morgan fingerprint density at radius 1 is 1.07 bits per heavy atom. The van der Waals surface area contributed by atoms with Gasteiger partial charge in [0, 0.05) is 0 Å². The first-order valence-corrected chi connectivity index (χ1v) is 7.25. The van der Waals surface area contributed by atoms with E-state index in [1.54, 1.807) is 0 Å². The molecule has 1 unspecified atom stereocenters. The molecule has 14 heavy (non-hydrogen) atoms. The van der Waals surface area contributed by atoms with Crippen molar-refractivity contribution in [1.29, 1.82) is 0 Å². The number of hydrogen-bond donors (Lipinski definition) is 1. The van der Waals surface area contributed by atoms with Crippen molar-refractivity contribution >= 4 is 11.8 Å². The summed E-state index contributed by atoms with van der Waals surface area (Å²) in [5.41, 5.74) is 0. The van der Waals surface area contributed by atoms with Crippen LogP contribution in [-0.4, -0.2) is 25.1 Å². The first kappa shape index (κ1) is 14.3. The molecule has 0 fully saturated rings. The maximum Gasteiger partial charge on any atom is -0.00230 e. The van der Waals surface area contributed by atoms with Gasteiger partial charge in [-0.15, -0.1) is 0 Å². The van der Waals surface area contributed by atoms with E-state index in [2.05, 4.69) is 32.3 Å². The average molecular weight is 217 g/mol. The molecule has 2 heteroatoms. The molecule has 1 nitrogen and oxygen atoms in total. The van der Waals surface area contributed by atoms with Gasteiger partial charge in [0.1, 0.15) is 0 Å². The lowest BCUT2D eigenvalue weighted by atomic mass is 10.0. The average Bonchev–Trinajstić information content (AvgIpc) is 2.12. The number of rotatable bonds is 9. The van der Waals surface area contributed by atoms with Gasteiger partial charge in [-0.2, -0.15) is 11.8 Å². The van der Waals surface area contributed by atoms with E-state index in [-0.39, 0.29) is 0 Å². The minimum Gasteiger partial charge on any atom is -0.316 e. The first-order chi connectivity index (χ1) is 6.66. The van der Waals surface area contributed by atoms with Crippen molar-refractivity contribution in [2.24, 2.45) is 11.8 Å². The third kappa shape index (κ3) is 10.4. The summed E-state index contributed by atoms with van der Waals surface area (Å²) < 4.78 is 0. The third-order valence-electron chi connectivity index (χ3n) is 2.34. The lowest BCUT2D eigenvalue weighted by Gasteiger charge is -2.13. The topological polar surface area (TPSA) is 12.0 Å². The van der Waals surface area contributed by atoms with Gasteiger partial charge in [0.05, 0.1) is 0 Å². The second-order valence-corrected chi connectivity index (χ2v) is 5.63. The predicted octanol–water partition coefficient (Wildman–Crippen LogP) is 3.40. The van der Waals surface area contributed by atoms with Crippen molar-refractivity contribution < 1.29 is 0 Å². The molecule has 0 saturated carbocycles. The Labute approximate surface area is 94.4 Å². The van der Waals surface area contributed by atoms with Crippen LogP contribution in [0.1, 0.15) is 40.0 Å². The minimum absolute atomic E-state index is 0.777. The zero-order chi connectivity index (χ0) is 10.8. The van der Waals surface area contributed by atoms with E-state index in [1.807, 2.05) is 11.8 Å². The molecule has 0 saturated heterocycles. The summed E-state index contributed by atoms with van der Waals surface area (Å²) in [6, 6.07) is 0. The Balaban J connectivity index is 3.15. The normalized spacial score (nSPS) is 13.5. The van der Waals surface area contributed by atoms with Crippen LogP contribution in [0.5, 0.6) is 0 Å². The second-order valence-electron chi connectivity index (χ2n) is 4.65. The summed E-state index contributed by atoms with van der Waals surface area (Å²) in [5.74, 6) is 2.95. The maximum atomic E-state index is 3.52. The zero-order valence-corrected chi connectivity index (χ0v) is 11.1. The van der Waals surface area contributed by atoms with Crippen molar-refractivity contribution in [3.05, 3.63) is 0 Å². The first-order valence-electron chi connectivity index (χ1n) is 5.86. The fraction of sp³-hybridized carbons (Fsp3) is 1.00. The summed E-state index contributed by atoms with van der Waals surface area (Å²) in [6.45, 7) is 9.23. The number of nitrogens with one attached hydrogen (secondary N) is 1. The van der Waals surface area contributed by atoms with Gasteiger partial charge >= 0.3 is 0 Å². The largest absolute Gasteiger partial charge is 0.316 e. The monoisotopic (exact) mass is 217 g/mol. The Morgan fingerprint density at radius 2 is 1.79 bits per heavy atom. The van der Waals surface area contributed by atoms with E-state index in [4.69, 9.17) is 0 Å². The molecule has 0 spiro atoms. The molecule has 0 aliphatic carbocycles. The molecule has 0 aliphatic rings. The summed E-state index contributed by atoms with van der Waals surface area (Å²) in [4.78, 5) is 0. The Bertz CT molecular complexity index is 115. The van der Waals surface area contributed by atoms with E-state index < -0.39 is 0 Å². The van der Waals surface area contributed by atoms with Crippen molar-refractivity contribution in [2.75, 3.05) is 25.1 Å². The molecule has 0 amide bonds. The van der Waals surface area contributed by atoms with Crippen molar-refractivity contribution in [3.8, 4) is 0 Å². The van der Waals surface area contributed by atoms with Gasteiger partial charge in [-0.1, -0.05) is 27.2 Å². The predicted molar refractivity (Wildman–Crippen MR) is 69.1 cm³/mol. The van der Waals surface area contributed by atoms with Crippen LogP contribution in [0.15, 0.2) is 0 Å². The molecule has 0 aromatic heterocycles. The summed E-state index contributed by atoms with van der Waals surface area (Å²) in [6.07, 6.45) is 6.35. The van der Waals surface area contributed by atoms with E-state index in [0.29, 0.717) is 0 Å². The molecule has 1 atom stereocenters. The van der Waals surface area contributed by atoms with Crippen molar-refractivity contribution in [2.45, 2.75) is 40.0 Å². The lowest BCUT2D eigenvalue weighted by Crippen LogP contribution is -2.25. The summed E-state index contributed by atoms with van der Waals surface area (Å²) in [5, 5.41) is 3.52. The molecule has 0 bridgehead atoms. The van der Waals surface area contributed by atoms with Crippen LogP contribution in [-0.2, 0) is 0 Å². The Kier molecular flexibility index (Phi) is 10.1. The maximum absolute atomic E-state index is 3.52. The molecule has 0 radical (unpaired) electrons. The molecular weight excluding hydrogens is 190 g/mol. The summed E-state index contributed by atoms with van der Waals surface area (Å²) in [7, 11) is 0. The van der Waals surface area contributed by atoms with Crippen molar-refractivity contribution in [3.63, 3.8) is 0 Å². The molecule has 0 aromatic rings. The highest BCUT2D eigenvalue weighted by Gasteiger charge is 2.01. The Hall–Kier alpha value is 0.310. The molecule has 0 heterocycles. The van der Waals surface area contributed by atoms with E-state index in [1.165, 1.54) is 31.6 Å². The van der Waals surface area contributed by atoms with E-state index >= 15 is 0 Å². The van der Waals surface area contributed by atoms with Gasteiger partial charge in [0.15, 0.2) is 0 Å². The van der Waals surface area contributed by atoms with Crippen LogP contribution < -0.4 is 5.32 Å². The standard InChI is InChI=1S/C12H27NS/c1-11(2)9-13-10-12(3)7-5-6-8-14-4/h11-13H,5-10H2,1-4H3. The quantitative estimate of drug-likeness (QED) is 0.594. The highest BCUT2D eigenvalue weighted by molar-refractivity contribution is 7.98. The van der Waals surface area contributed by atoms with E-state index in [9.17, 15) is 0 Å². The van der Waals surface area contributed by atoms with Gasteiger partial charge in [0.25, 0.3) is 0 Å². The minimum atomic E-state index is 0.777. The van der Waals surface area contributed by atoms with E-state index in [0.717, 1.165) is 18.4 Å². The van der Waals surface area contributed by atoms with Crippen LogP contribution >= 0.6 is 11.8 Å². The van der Waals surface area contributed by atoms with Gasteiger partial charge in [0.2, 0.25) is 0 Å². The van der Waals surface area contributed by atoms with Gasteiger partial charge in [-0.3, -0.25) is 0 Å². The van der Waals surface area contributed by atoms with Crippen LogP contribution in [0.25, 0.3) is 0 Å².